The van der Waals surface area contributed by atoms with Crippen molar-refractivity contribution in [2.24, 2.45) is 5.92 Å². The summed E-state index contributed by atoms with van der Waals surface area (Å²) in [6.45, 7) is 7.76. The highest BCUT2D eigenvalue weighted by atomic mass is 79.9. The van der Waals surface area contributed by atoms with E-state index < -0.39 is 0 Å². The lowest BCUT2D eigenvalue weighted by Crippen LogP contribution is -2.29. The summed E-state index contributed by atoms with van der Waals surface area (Å²) in [4.78, 5) is 7.07. The third-order valence-corrected chi connectivity index (χ3v) is 3.75. The molecule has 0 amide bonds. The lowest BCUT2D eigenvalue weighted by molar-refractivity contribution is 0.568. The summed E-state index contributed by atoms with van der Waals surface area (Å²) in [5, 5.41) is 0. The molecule has 1 aromatic heterocycles. The molecule has 17 heavy (non-hydrogen) atoms. The molecule has 0 radical (unpaired) electrons. The van der Waals surface area contributed by atoms with Crippen molar-refractivity contribution in [3.63, 3.8) is 0 Å². The van der Waals surface area contributed by atoms with Gasteiger partial charge in [-0.05, 0) is 59.7 Å². The fourth-order valence-electron chi connectivity index (χ4n) is 1.98. The zero-order valence-corrected chi connectivity index (χ0v) is 12.5. The van der Waals surface area contributed by atoms with Gasteiger partial charge in [0, 0.05) is 18.8 Å². The Hall–Kier alpha value is -0.570. The molecule has 0 atom stereocenters. The molecular formula is C14H21BrN2. The second-order valence-electron chi connectivity index (χ2n) is 5.43. The summed E-state index contributed by atoms with van der Waals surface area (Å²) in [7, 11) is 0. The number of hydrogen-bond donors (Lipinski definition) is 0. The molecule has 1 aliphatic carbocycles. The van der Waals surface area contributed by atoms with Crippen molar-refractivity contribution in [3.8, 4) is 0 Å². The third kappa shape index (κ3) is 3.44. The smallest absolute Gasteiger partial charge is 0.143 e. The molecule has 0 aliphatic heterocycles. The van der Waals surface area contributed by atoms with Gasteiger partial charge in [0.1, 0.15) is 5.82 Å². The molecule has 1 aliphatic rings. The monoisotopic (exact) mass is 296 g/mol. The molecule has 1 saturated carbocycles. The lowest BCUT2D eigenvalue weighted by atomic mass is 10.1. The molecule has 0 N–H and O–H groups in total. The fraction of sp³-hybridized carbons (Fsp3) is 0.643. The van der Waals surface area contributed by atoms with Crippen LogP contribution in [0.25, 0.3) is 0 Å². The maximum atomic E-state index is 4.60. The Morgan fingerprint density at radius 3 is 2.71 bits per heavy atom. The first kappa shape index (κ1) is 12.9. The highest BCUT2D eigenvalue weighted by Crippen LogP contribution is 2.35. The van der Waals surface area contributed by atoms with Gasteiger partial charge in [-0.1, -0.05) is 13.8 Å². The number of nitrogens with zero attached hydrogens (tertiary/aromatic N) is 2. The third-order valence-electron chi connectivity index (χ3n) is 3.17. The van der Waals surface area contributed by atoms with Crippen LogP contribution in [0.15, 0.2) is 16.7 Å². The number of hydrogen-bond acceptors (Lipinski definition) is 2. The standard InChI is InChI=1S/C14H21BrN2/c1-10(2)6-7-17(12-4-5-12)14-13(15)8-11(3)9-16-14/h8-10,12H,4-7H2,1-3H3. The quantitative estimate of drug-likeness (QED) is 0.811. The SMILES string of the molecule is Cc1cnc(N(CCC(C)C)C2CC2)c(Br)c1. The maximum absolute atomic E-state index is 4.60. The summed E-state index contributed by atoms with van der Waals surface area (Å²) in [6, 6.07) is 2.88. The van der Waals surface area contributed by atoms with Gasteiger partial charge in [-0.25, -0.2) is 4.98 Å². The molecule has 0 spiro atoms. The molecular weight excluding hydrogens is 276 g/mol. The predicted octanol–water partition coefficient (Wildman–Crippen LogP) is 4.17. The van der Waals surface area contributed by atoms with Crippen LogP contribution in [-0.4, -0.2) is 17.6 Å². The van der Waals surface area contributed by atoms with Crippen LogP contribution >= 0.6 is 15.9 Å². The van der Waals surface area contributed by atoms with Gasteiger partial charge in [0.15, 0.2) is 0 Å². The predicted molar refractivity (Wildman–Crippen MR) is 76.5 cm³/mol. The first-order valence-electron chi connectivity index (χ1n) is 6.46. The number of anilines is 1. The highest BCUT2D eigenvalue weighted by molar-refractivity contribution is 9.10. The minimum atomic E-state index is 0.722. The topological polar surface area (TPSA) is 16.1 Å². The largest absolute Gasteiger partial charge is 0.353 e. The summed E-state index contributed by atoms with van der Waals surface area (Å²) in [6.07, 6.45) is 5.84. The molecule has 0 unspecified atom stereocenters. The van der Waals surface area contributed by atoms with E-state index in [9.17, 15) is 0 Å². The van der Waals surface area contributed by atoms with E-state index in [0.29, 0.717) is 0 Å². The van der Waals surface area contributed by atoms with Crippen molar-refractivity contribution in [2.45, 2.75) is 46.1 Å². The molecule has 1 fully saturated rings. The molecule has 0 bridgehead atoms. The van der Waals surface area contributed by atoms with Gasteiger partial charge in [0.25, 0.3) is 0 Å². The minimum absolute atomic E-state index is 0.722. The second-order valence-corrected chi connectivity index (χ2v) is 6.28. The average molecular weight is 297 g/mol. The van der Waals surface area contributed by atoms with Crippen molar-refractivity contribution in [1.82, 2.24) is 4.98 Å². The molecule has 2 nitrogen and oxygen atoms in total. The average Bonchev–Trinajstić information content (AvgIpc) is 3.04. The van der Waals surface area contributed by atoms with E-state index in [1.807, 2.05) is 6.20 Å². The van der Waals surface area contributed by atoms with E-state index in [1.54, 1.807) is 0 Å². The first-order valence-corrected chi connectivity index (χ1v) is 7.26. The fourth-order valence-corrected chi connectivity index (χ4v) is 2.67. The molecule has 94 valence electrons. The Labute approximate surface area is 113 Å². The van der Waals surface area contributed by atoms with Gasteiger partial charge in [-0.15, -0.1) is 0 Å². The number of aryl methyl sites for hydroxylation is 1. The normalized spacial score (nSPS) is 15.4. The van der Waals surface area contributed by atoms with Gasteiger partial charge in [-0.3, -0.25) is 0 Å². The van der Waals surface area contributed by atoms with Crippen LogP contribution in [-0.2, 0) is 0 Å². The Kier molecular flexibility index (Phi) is 4.08. The highest BCUT2D eigenvalue weighted by Gasteiger charge is 2.30. The summed E-state index contributed by atoms with van der Waals surface area (Å²) in [5.41, 5.74) is 1.21. The van der Waals surface area contributed by atoms with Crippen LogP contribution in [0.5, 0.6) is 0 Å². The van der Waals surface area contributed by atoms with E-state index >= 15 is 0 Å². The zero-order valence-electron chi connectivity index (χ0n) is 10.9. The van der Waals surface area contributed by atoms with Gasteiger partial charge >= 0.3 is 0 Å². The molecule has 2 rings (SSSR count). The second kappa shape index (κ2) is 5.38. The van der Waals surface area contributed by atoms with Crippen LogP contribution in [0.4, 0.5) is 5.82 Å². The number of aromatic nitrogens is 1. The van der Waals surface area contributed by atoms with E-state index in [-0.39, 0.29) is 0 Å². The van der Waals surface area contributed by atoms with Gasteiger partial charge in [0.2, 0.25) is 0 Å². The van der Waals surface area contributed by atoms with Crippen LogP contribution in [0.3, 0.4) is 0 Å². The van der Waals surface area contributed by atoms with Crippen molar-refractivity contribution >= 4 is 21.7 Å². The molecule has 0 saturated heterocycles. The van der Waals surface area contributed by atoms with Crippen LogP contribution in [0, 0.1) is 12.8 Å². The van der Waals surface area contributed by atoms with Gasteiger partial charge in [0.05, 0.1) is 4.47 Å². The maximum Gasteiger partial charge on any atom is 0.143 e. The molecule has 0 aromatic carbocycles. The van der Waals surface area contributed by atoms with Crippen molar-refractivity contribution in [2.75, 3.05) is 11.4 Å². The van der Waals surface area contributed by atoms with E-state index in [4.69, 9.17) is 0 Å². The van der Waals surface area contributed by atoms with Crippen LogP contribution in [0.2, 0.25) is 0 Å². The Morgan fingerprint density at radius 1 is 1.47 bits per heavy atom. The first-order chi connectivity index (χ1) is 8.08. The molecule has 3 heteroatoms. The van der Waals surface area contributed by atoms with Gasteiger partial charge < -0.3 is 4.90 Å². The summed E-state index contributed by atoms with van der Waals surface area (Å²) in [5.74, 6) is 1.87. The number of pyridine rings is 1. The van der Waals surface area contributed by atoms with Crippen molar-refractivity contribution in [3.05, 3.63) is 22.3 Å². The van der Waals surface area contributed by atoms with Gasteiger partial charge in [-0.2, -0.15) is 0 Å². The van der Waals surface area contributed by atoms with Crippen LogP contribution < -0.4 is 4.90 Å². The van der Waals surface area contributed by atoms with Crippen molar-refractivity contribution < 1.29 is 0 Å². The number of halogens is 1. The Balaban J connectivity index is 2.14. The van der Waals surface area contributed by atoms with Crippen molar-refractivity contribution in [1.29, 1.82) is 0 Å². The summed E-state index contributed by atoms with van der Waals surface area (Å²) >= 11 is 3.65. The Bertz CT molecular complexity index is 386. The Morgan fingerprint density at radius 2 is 2.18 bits per heavy atom. The van der Waals surface area contributed by atoms with E-state index in [1.165, 1.54) is 24.8 Å². The van der Waals surface area contributed by atoms with E-state index in [0.717, 1.165) is 28.8 Å². The minimum Gasteiger partial charge on any atom is -0.353 e. The summed E-state index contributed by atoms with van der Waals surface area (Å²) < 4.78 is 1.13. The van der Waals surface area contributed by atoms with E-state index in [2.05, 4.69) is 52.7 Å². The number of rotatable bonds is 5. The molecule has 1 heterocycles. The van der Waals surface area contributed by atoms with Crippen LogP contribution in [0.1, 0.15) is 38.7 Å². The zero-order chi connectivity index (χ0) is 12.4. The lowest BCUT2D eigenvalue weighted by Gasteiger charge is -2.25. The molecule has 1 aromatic rings.